The molecule has 2 N–H and O–H groups in total. The third kappa shape index (κ3) is 4.82. The molecule has 0 radical (unpaired) electrons. The summed E-state index contributed by atoms with van der Waals surface area (Å²) in [7, 11) is 1.40. The summed E-state index contributed by atoms with van der Waals surface area (Å²) in [6.07, 6.45) is 0. The van der Waals surface area contributed by atoms with E-state index in [9.17, 15) is 19.8 Å². The van der Waals surface area contributed by atoms with Gasteiger partial charge in [0.1, 0.15) is 5.76 Å². The van der Waals surface area contributed by atoms with Gasteiger partial charge in [0.05, 0.1) is 35.4 Å². The molecular formula is C27H22Cl3NO6. The number of carbonyl (C=O) groups is 2. The van der Waals surface area contributed by atoms with Gasteiger partial charge < -0.3 is 19.7 Å². The van der Waals surface area contributed by atoms with Crippen molar-refractivity contribution in [3.05, 3.63) is 85.9 Å². The molecule has 0 spiro atoms. The Kier molecular flexibility index (Phi) is 7.59. The lowest BCUT2D eigenvalue weighted by Gasteiger charge is -2.27. The maximum absolute atomic E-state index is 13.4. The van der Waals surface area contributed by atoms with Crippen LogP contribution in [0.1, 0.15) is 29.7 Å². The average molecular weight is 563 g/mol. The molecule has 7 nitrogen and oxygen atoms in total. The number of phenols is 1. The summed E-state index contributed by atoms with van der Waals surface area (Å²) in [5.74, 6) is -2.03. The molecule has 0 bridgehead atoms. The van der Waals surface area contributed by atoms with E-state index >= 15 is 0 Å². The summed E-state index contributed by atoms with van der Waals surface area (Å²) in [6.45, 7) is 3.80. The van der Waals surface area contributed by atoms with Crippen molar-refractivity contribution in [1.82, 2.24) is 0 Å². The molecule has 3 aromatic rings. The van der Waals surface area contributed by atoms with Gasteiger partial charge in [0.15, 0.2) is 17.2 Å². The first-order valence-corrected chi connectivity index (χ1v) is 12.3. The number of rotatable bonds is 6. The number of hydrogen-bond donors (Lipinski definition) is 2. The Hall–Kier alpha value is -3.39. The van der Waals surface area contributed by atoms with Crippen molar-refractivity contribution in [3.63, 3.8) is 0 Å². The molecule has 192 valence electrons. The minimum atomic E-state index is -1.09. The van der Waals surface area contributed by atoms with Crippen LogP contribution in [0.4, 0.5) is 5.69 Å². The van der Waals surface area contributed by atoms with E-state index in [1.807, 2.05) is 0 Å². The standard InChI is InChI=1S/C27H22Cl3NO6/c1-4-37-21-11-14(6-8-20(21)32)23-22(24(33)15-9-17(29)26(36-3)18(30)10-15)25(34)27(35)31(23)19-12-16(28)7-5-13(19)2/h5-12,23,32-33H,4H2,1-3H3/b24-22+. The Balaban J connectivity index is 2.01. The highest BCUT2D eigenvalue weighted by molar-refractivity contribution is 6.52. The predicted molar refractivity (Wildman–Crippen MR) is 143 cm³/mol. The van der Waals surface area contributed by atoms with Crippen molar-refractivity contribution in [3.8, 4) is 17.2 Å². The monoisotopic (exact) mass is 561 g/mol. The Morgan fingerprint density at radius 2 is 1.70 bits per heavy atom. The van der Waals surface area contributed by atoms with Gasteiger partial charge in [-0.3, -0.25) is 14.5 Å². The van der Waals surface area contributed by atoms with Crippen molar-refractivity contribution in [1.29, 1.82) is 0 Å². The second-order valence-electron chi connectivity index (χ2n) is 8.23. The van der Waals surface area contributed by atoms with Gasteiger partial charge in [0.2, 0.25) is 0 Å². The van der Waals surface area contributed by atoms with Crippen molar-refractivity contribution in [2.75, 3.05) is 18.6 Å². The summed E-state index contributed by atoms with van der Waals surface area (Å²) >= 11 is 18.8. The number of benzene rings is 3. The third-order valence-corrected chi connectivity index (χ3v) is 6.75. The number of carbonyl (C=O) groups excluding carboxylic acids is 2. The van der Waals surface area contributed by atoms with Crippen LogP contribution in [-0.2, 0) is 9.59 Å². The van der Waals surface area contributed by atoms with Crippen molar-refractivity contribution in [2.45, 2.75) is 19.9 Å². The van der Waals surface area contributed by atoms with E-state index in [1.54, 1.807) is 38.1 Å². The fourth-order valence-corrected chi connectivity index (χ4v) is 5.07. The van der Waals surface area contributed by atoms with Crippen LogP contribution in [0.3, 0.4) is 0 Å². The fourth-order valence-electron chi connectivity index (χ4n) is 4.26. The number of methoxy groups -OCH3 is 1. The largest absolute Gasteiger partial charge is 0.507 e. The zero-order valence-corrected chi connectivity index (χ0v) is 22.3. The fraction of sp³-hybridized carbons (Fsp3) is 0.185. The van der Waals surface area contributed by atoms with Gasteiger partial charge in [-0.15, -0.1) is 0 Å². The highest BCUT2D eigenvalue weighted by Crippen LogP contribution is 2.46. The number of ether oxygens (including phenoxy) is 2. The second kappa shape index (κ2) is 10.5. The van der Waals surface area contributed by atoms with Gasteiger partial charge >= 0.3 is 0 Å². The lowest BCUT2D eigenvalue weighted by atomic mass is 9.94. The Morgan fingerprint density at radius 3 is 2.32 bits per heavy atom. The normalized spacial score (nSPS) is 16.8. The molecule has 1 fully saturated rings. The first-order chi connectivity index (χ1) is 17.6. The number of aliphatic hydroxyl groups excluding tert-OH is 1. The number of phenolic OH excluding ortho intramolecular Hbond substituents is 1. The molecule has 0 aliphatic carbocycles. The average Bonchev–Trinajstić information content (AvgIpc) is 3.11. The maximum Gasteiger partial charge on any atom is 0.300 e. The van der Waals surface area contributed by atoms with E-state index in [2.05, 4.69) is 0 Å². The zero-order valence-electron chi connectivity index (χ0n) is 20.0. The second-order valence-corrected chi connectivity index (χ2v) is 9.48. The molecule has 4 rings (SSSR count). The summed E-state index contributed by atoms with van der Waals surface area (Å²) < 4.78 is 10.7. The minimum Gasteiger partial charge on any atom is -0.507 e. The molecule has 0 saturated carbocycles. The van der Waals surface area contributed by atoms with Gasteiger partial charge in [-0.25, -0.2) is 0 Å². The molecule has 10 heteroatoms. The van der Waals surface area contributed by atoms with Crippen LogP contribution in [0.5, 0.6) is 17.2 Å². The minimum absolute atomic E-state index is 0.108. The number of Topliss-reactive ketones (excluding diaryl/α,β-unsaturated/α-hetero) is 1. The molecule has 1 unspecified atom stereocenters. The molecule has 1 heterocycles. The van der Waals surface area contributed by atoms with Gasteiger partial charge in [0, 0.05) is 16.3 Å². The van der Waals surface area contributed by atoms with Crippen LogP contribution in [0.25, 0.3) is 5.76 Å². The Bertz CT molecular complexity index is 1430. The van der Waals surface area contributed by atoms with E-state index in [0.29, 0.717) is 21.8 Å². The number of hydrogen-bond acceptors (Lipinski definition) is 6. The van der Waals surface area contributed by atoms with Crippen LogP contribution in [0, 0.1) is 6.92 Å². The van der Waals surface area contributed by atoms with E-state index in [4.69, 9.17) is 44.3 Å². The molecule has 1 aliphatic rings. The molecule has 3 aromatic carbocycles. The van der Waals surface area contributed by atoms with Crippen LogP contribution >= 0.6 is 34.8 Å². The Morgan fingerprint density at radius 1 is 1.03 bits per heavy atom. The third-order valence-electron chi connectivity index (χ3n) is 5.95. The van der Waals surface area contributed by atoms with Gasteiger partial charge in [-0.05, 0) is 61.4 Å². The number of nitrogens with zero attached hydrogens (tertiary/aromatic N) is 1. The lowest BCUT2D eigenvalue weighted by molar-refractivity contribution is -0.132. The zero-order chi connectivity index (χ0) is 27.0. The van der Waals surface area contributed by atoms with Crippen LogP contribution in [-0.4, -0.2) is 35.6 Å². The number of aliphatic hydroxyl groups is 1. The number of halogens is 3. The van der Waals surface area contributed by atoms with Crippen molar-refractivity contribution < 1.29 is 29.3 Å². The summed E-state index contributed by atoms with van der Waals surface area (Å²) in [6, 6.07) is 11.1. The summed E-state index contributed by atoms with van der Waals surface area (Å²) in [4.78, 5) is 28.2. The first kappa shape index (κ1) is 26.7. The van der Waals surface area contributed by atoms with Gasteiger partial charge in [-0.2, -0.15) is 0 Å². The highest BCUT2D eigenvalue weighted by Gasteiger charge is 2.47. The number of amides is 1. The van der Waals surface area contributed by atoms with E-state index in [1.165, 1.54) is 36.3 Å². The predicted octanol–water partition coefficient (Wildman–Crippen LogP) is 6.69. The molecule has 1 amide bonds. The van der Waals surface area contributed by atoms with Gasteiger partial charge in [0.25, 0.3) is 11.7 Å². The topological polar surface area (TPSA) is 96.3 Å². The van der Waals surface area contributed by atoms with Crippen molar-refractivity contribution in [2.24, 2.45) is 0 Å². The van der Waals surface area contributed by atoms with Crippen LogP contribution in [0.2, 0.25) is 15.1 Å². The van der Waals surface area contributed by atoms with E-state index < -0.39 is 23.5 Å². The number of anilines is 1. The molecule has 0 aromatic heterocycles. The summed E-state index contributed by atoms with van der Waals surface area (Å²) in [5, 5.41) is 22.2. The molecule has 1 atom stereocenters. The quantitative estimate of drug-likeness (QED) is 0.197. The molecule has 37 heavy (non-hydrogen) atoms. The molecule has 1 aliphatic heterocycles. The van der Waals surface area contributed by atoms with E-state index in [0.717, 1.165) is 0 Å². The Labute approximate surface area is 228 Å². The van der Waals surface area contributed by atoms with Gasteiger partial charge in [-0.1, -0.05) is 46.9 Å². The van der Waals surface area contributed by atoms with Crippen LogP contribution in [0.15, 0.2) is 54.1 Å². The molecular weight excluding hydrogens is 541 g/mol. The number of ketones is 1. The van der Waals surface area contributed by atoms with E-state index in [-0.39, 0.29) is 45.0 Å². The van der Waals surface area contributed by atoms with Crippen LogP contribution < -0.4 is 14.4 Å². The number of aromatic hydroxyl groups is 1. The lowest BCUT2D eigenvalue weighted by Crippen LogP contribution is -2.30. The smallest absolute Gasteiger partial charge is 0.300 e. The molecule has 1 saturated heterocycles. The number of aryl methyl sites for hydroxylation is 1. The summed E-state index contributed by atoms with van der Waals surface area (Å²) in [5.41, 5.74) is 1.39. The van der Waals surface area contributed by atoms with Crippen molar-refractivity contribution >= 4 is 57.9 Å². The highest BCUT2D eigenvalue weighted by atomic mass is 35.5. The SMILES string of the molecule is CCOc1cc(C2/C(=C(\O)c3cc(Cl)c(OC)c(Cl)c3)C(=O)C(=O)N2c2cc(Cl)ccc2C)ccc1O. The maximum atomic E-state index is 13.4. The first-order valence-electron chi connectivity index (χ1n) is 11.1.